The molecule has 0 saturated carbocycles. The molecule has 0 unspecified atom stereocenters. The van der Waals surface area contributed by atoms with Gasteiger partial charge in [-0.1, -0.05) is 0 Å². The fraction of sp³-hybridized carbons (Fsp3) is 0.200. The average Bonchev–Trinajstić information content (AvgIpc) is 2.56. The van der Waals surface area contributed by atoms with Gasteiger partial charge in [0.1, 0.15) is 0 Å². The second-order valence-electron chi connectivity index (χ2n) is 4.34. The molecule has 0 aliphatic carbocycles. The van der Waals surface area contributed by atoms with Crippen LogP contribution in [0.15, 0.2) is 41.6 Å². The van der Waals surface area contributed by atoms with Gasteiger partial charge in [0.15, 0.2) is 11.5 Å². The minimum absolute atomic E-state index is 0.0762. The lowest BCUT2D eigenvalue weighted by molar-refractivity contribution is -0.384. The lowest BCUT2D eigenvalue weighted by Gasteiger charge is -2.09. The maximum atomic E-state index is 10.9. The van der Waals surface area contributed by atoms with Gasteiger partial charge in [0.25, 0.3) is 0 Å². The van der Waals surface area contributed by atoms with Gasteiger partial charge < -0.3 is 9.47 Å². The molecule has 0 spiro atoms. The monoisotopic (exact) mass is 316 g/mol. The quantitative estimate of drug-likeness (QED) is 0.479. The third-order valence-electron chi connectivity index (χ3n) is 2.85. The molecule has 0 atom stereocenters. The standard InChI is InChI=1S/C15H16N4O4/c1-3-23-14-9-11(6-7-13(14)22-2)10-17-18-15-12(19(20)21)5-4-8-16-15/h4-10H,3H2,1-2H3,(H,16,18)/b17-10-. The van der Waals surface area contributed by atoms with E-state index in [4.69, 9.17) is 9.47 Å². The summed E-state index contributed by atoms with van der Waals surface area (Å²) in [6.07, 6.45) is 2.96. The summed E-state index contributed by atoms with van der Waals surface area (Å²) in [7, 11) is 1.56. The summed E-state index contributed by atoms with van der Waals surface area (Å²) in [6, 6.07) is 8.16. The summed E-state index contributed by atoms with van der Waals surface area (Å²) < 4.78 is 10.7. The van der Waals surface area contributed by atoms with E-state index < -0.39 is 4.92 Å². The van der Waals surface area contributed by atoms with Gasteiger partial charge in [-0.2, -0.15) is 5.10 Å². The molecule has 1 N–H and O–H groups in total. The van der Waals surface area contributed by atoms with E-state index in [9.17, 15) is 10.1 Å². The van der Waals surface area contributed by atoms with Crippen molar-refractivity contribution in [1.29, 1.82) is 0 Å². The van der Waals surface area contributed by atoms with E-state index >= 15 is 0 Å². The molecule has 8 nitrogen and oxygen atoms in total. The number of methoxy groups -OCH3 is 1. The summed E-state index contributed by atoms with van der Waals surface area (Å²) in [6.45, 7) is 2.39. The number of aromatic nitrogens is 1. The van der Waals surface area contributed by atoms with Gasteiger partial charge in [-0.3, -0.25) is 15.5 Å². The van der Waals surface area contributed by atoms with Crippen molar-refractivity contribution in [2.75, 3.05) is 19.1 Å². The Labute approximate surface area is 132 Å². The van der Waals surface area contributed by atoms with Gasteiger partial charge in [0.2, 0.25) is 5.82 Å². The third-order valence-corrected chi connectivity index (χ3v) is 2.85. The van der Waals surface area contributed by atoms with Crippen LogP contribution < -0.4 is 14.9 Å². The first-order valence-corrected chi connectivity index (χ1v) is 6.85. The molecule has 0 saturated heterocycles. The average molecular weight is 316 g/mol. The van der Waals surface area contributed by atoms with Crippen molar-refractivity contribution in [3.8, 4) is 11.5 Å². The van der Waals surface area contributed by atoms with Crippen LogP contribution in [-0.2, 0) is 0 Å². The van der Waals surface area contributed by atoms with Gasteiger partial charge in [-0.25, -0.2) is 4.98 Å². The second kappa shape index (κ2) is 7.74. The van der Waals surface area contributed by atoms with Crippen LogP contribution in [-0.4, -0.2) is 29.8 Å². The van der Waals surface area contributed by atoms with Crippen LogP contribution >= 0.6 is 0 Å². The first-order chi connectivity index (χ1) is 11.2. The molecule has 0 aliphatic rings. The second-order valence-corrected chi connectivity index (χ2v) is 4.34. The van der Waals surface area contributed by atoms with Crippen LogP contribution in [0, 0.1) is 10.1 Å². The molecule has 0 fully saturated rings. The fourth-order valence-corrected chi connectivity index (χ4v) is 1.84. The summed E-state index contributed by atoms with van der Waals surface area (Å²) in [5.41, 5.74) is 3.17. The van der Waals surface area contributed by atoms with Crippen LogP contribution in [0.5, 0.6) is 11.5 Å². The van der Waals surface area contributed by atoms with Gasteiger partial charge in [0.05, 0.1) is 24.9 Å². The van der Waals surface area contributed by atoms with E-state index in [1.54, 1.807) is 25.3 Å². The molecule has 1 heterocycles. The van der Waals surface area contributed by atoms with Crippen molar-refractivity contribution in [2.45, 2.75) is 6.92 Å². The molecule has 0 radical (unpaired) electrons. The highest BCUT2D eigenvalue weighted by atomic mass is 16.6. The molecule has 8 heteroatoms. The number of hydrogen-bond acceptors (Lipinski definition) is 7. The number of benzene rings is 1. The Kier molecular flexibility index (Phi) is 5.45. The molecule has 23 heavy (non-hydrogen) atoms. The lowest BCUT2D eigenvalue weighted by atomic mass is 10.2. The number of pyridine rings is 1. The largest absolute Gasteiger partial charge is 0.493 e. The van der Waals surface area contributed by atoms with Crippen molar-refractivity contribution in [1.82, 2.24) is 4.98 Å². The summed E-state index contributed by atoms with van der Waals surface area (Å²) >= 11 is 0. The highest BCUT2D eigenvalue weighted by molar-refractivity contribution is 5.81. The first kappa shape index (κ1) is 16.2. The zero-order valence-corrected chi connectivity index (χ0v) is 12.7. The van der Waals surface area contributed by atoms with E-state index in [-0.39, 0.29) is 11.5 Å². The first-order valence-electron chi connectivity index (χ1n) is 6.85. The molecule has 1 aromatic carbocycles. The van der Waals surface area contributed by atoms with E-state index in [1.807, 2.05) is 6.92 Å². The maximum absolute atomic E-state index is 10.9. The van der Waals surface area contributed by atoms with Crippen LogP contribution in [0.3, 0.4) is 0 Å². The number of anilines is 1. The molecule has 0 amide bonds. The Bertz CT molecular complexity index is 718. The van der Waals surface area contributed by atoms with Crippen LogP contribution in [0.1, 0.15) is 12.5 Å². The van der Waals surface area contributed by atoms with Crippen LogP contribution in [0.25, 0.3) is 0 Å². The number of rotatable bonds is 7. The van der Waals surface area contributed by atoms with Crippen molar-refractivity contribution in [3.05, 3.63) is 52.2 Å². The topological polar surface area (TPSA) is 98.9 Å². The van der Waals surface area contributed by atoms with E-state index in [2.05, 4.69) is 15.5 Å². The molecule has 2 aromatic rings. The fourth-order valence-electron chi connectivity index (χ4n) is 1.84. The number of ether oxygens (including phenoxy) is 2. The van der Waals surface area contributed by atoms with Gasteiger partial charge in [0, 0.05) is 12.3 Å². The number of hydrazone groups is 1. The molecule has 120 valence electrons. The van der Waals surface area contributed by atoms with Crippen molar-refractivity contribution in [2.24, 2.45) is 5.10 Å². The Morgan fingerprint density at radius 2 is 2.22 bits per heavy atom. The summed E-state index contributed by atoms with van der Waals surface area (Å²) in [4.78, 5) is 14.3. The van der Waals surface area contributed by atoms with Gasteiger partial charge in [-0.05, 0) is 36.8 Å². The molecule has 1 aromatic heterocycles. The Hall–Kier alpha value is -3.16. The SMILES string of the molecule is CCOc1cc(/C=N\Nc2ncccc2[N+](=O)[O-])ccc1OC. The summed E-state index contributed by atoms with van der Waals surface area (Å²) in [5, 5.41) is 14.9. The Morgan fingerprint density at radius 3 is 2.91 bits per heavy atom. The Balaban J connectivity index is 2.15. The molecule has 2 rings (SSSR count). The molecule has 0 aliphatic heterocycles. The lowest BCUT2D eigenvalue weighted by Crippen LogP contribution is -1.99. The van der Waals surface area contributed by atoms with E-state index in [1.165, 1.54) is 24.5 Å². The Morgan fingerprint density at radius 1 is 1.39 bits per heavy atom. The van der Waals surface area contributed by atoms with Gasteiger partial charge in [-0.15, -0.1) is 0 Å². The maximum Gasteiger partial charge on any atom is 0.313 e. The molecular formula is C15H16N4O4. The smallest absolute Gasteiger partial charge is 0.313 e. The highest BCUT2D eigenvalue weighted by Gasteiger charge is 2.12. The number of nitro groups is 1. The molecular weight excluding hydrogens is 300 g/mol. The zero-order valence-electron chi connectivity index (χ0n) is 12.7. The summed E-state index contributed by atoms with van der Waals surface area (Å²) in [5.74, 6) is 1.30. The minimum atomic E-state index is -0.522. The number of hydrogen-bond donors (Lipinski definition) is 1. The number of nitrogens with zero attached hydrogens (tertiary/aromatic N) is 3. The third kappa shape index (κ3) is 4.16. The van der Waals surface area contributed by atoms with Crippen molar-refractivity contribution < 1.29 is 14.4 Å². The van der Waals surface area contributed by atoms with Crippen molar-refractivity contribution in [3.63, 3.8) is 0 Å². The molecule has 0 bridgehead atoms. The minimum Gasteiger partial charge on any atom is -0.493 e. The van der Waals surface area contributed by atoms with Gasteiger partial charge >= 0.3 is 5.69 Å². The number of nitrogens with one attached hydrogen (secondary N) is 1. The van der Waals surface area contributed by atoms with Crippen molar-refractivity contribution >= 4 is 17.7 Å². The van der Waals surface area contributed by atoms with E-state index in [0.29, 0.717) is 18.1 Å². The normalized spacial score (nSPS) is 10.5. The van der Waals surface area contributed by atoms with Crippen LogP contribution in [0.4, 0.5) is 11.5 Å². The predicted octanol–water partition coefficient (Wildman–Crippen LogP) is 2.84. The highest BCUT2D eigenvalue weighted by Crippen LogP contribution is 2.27. The van der Waals surface area contributed by atoms with Crippen LogP contribution in [0.2, 0.25) is 0 Å². The predicted molar refractivity (Wildman–Crippen MR) is 86.3 cm³/mol. The van der Waals surface area contributed by atoms with E-state index in [0.717, 1.165) is 5.56 Å². The zero-order chi connectivity index (χ0) is 16.7.